The van der Waals surface area contributed by atoms with Crippen LogP contribution < -0.4 is 9.47 Å². The van der Waals surface area contributed by atoms with Crippen molar-refractivity contribution >= 4 is 69.7 Å². The molecule has 0 aromatic heterocycles. The van der Waals surface area contributed by atoms with Crippen molar-refractivity contribution in [1.82, 2.24) is 0 Å². The summed E-state index contributed by atoms with van der Waals surface area (Å²) in [5.41, 5.74) is 2.61. The van der Waals surface area contributed by atoms with Crippen LogP contribution >= 0.6 is 45.8 Å². The number of benzene rings is 3. The maximum atomic E-state index is 12.6. The summed E-state index contributed by atoms with van der Waals surface area (Å²) in [5.74, 6) is -0.429. The molecule has 6 nitrogen and oxygen atoms in total. The lowest BCUT2D eigenvalue weighted by molar-refractivity contribution is -0.129. The van der Waals surface area contributed by atoms with Crippen LogP contribution in [0.5, 0.6) is 11.5 Å². The number of hydrogen-bond donors (Lipinski definition) is 0. The molecule has 1 heterocycles. The molecule has 0 atom stereocenters. The van der Waals surface area contributed by atoms with Gasteiger partial charge in [-0.3, -0.25) is 0 Å². The number of hydrogen-bond acceptors (Lipinski definition) is 6. The minimum Gasteiger partial charge on any atom is -0.493 e. The SMILES string of the molecule is COc1cc(/C=C2\N=C(c3ccc(Cl)cc3Cl)OC2=O)cc(I)c1OC(=O)c1ccc(C)cc1. The quantitative estimate of drug-likeness (QED) is 0.144. The number of rotatable bonds is 5. The fraction of sp³-hybridized carbons (Fsp3) is 0.0800. The maximum absolute atomic E-state index is 12.6. The van der Waals surface area contributed by atoms with E-state index in [1.165, 1.54) is 7.11 Å². The lowest BCUT2D eigenvalue weighted by atomic mass is 10.1. The van der Waals surface area contributed by atoms with E-state index < -0.39 is 11.9 Å². The highest BCUT2D eigenvalue weighted by Crippen LogP contribution is 2.36. The number of carbonyl (C=O) groups excluding carboxylic acids is 2. The molecule has 0 spiro atoms. The first-order valence-electron chi connectivity index (χ1n) is 9.89. The number of esters is 2. The summed E-state index contributed by atoms with van der Waals surface area (Å²) < 4.78 is 16.9. The van der Waals surface area contributed by atoms with Gasteiger partial charge in [-0.05, 0) is 83.6 Å². The van der Waals surface area contributed by atoms with Gasteiger partial charge < -0.3 is 14.2 Å². The van der Waals surface area contributed by atoms with Crippen LogP contribution in [0.15, 0.2) is 65.3 Å². The van der Waals surface area contributed by atoms with Crippen LogP contribution in [0.3, 0.4) is 0 Å². The first kappa shape index (κ1) is 24.3. The van der Waals surface area contributed by atoms with Gasteiger partial charge in [0.05, 0.1) is 26.8 Å². The summed E-state index contributed by atoms with van der Waals surface area (Å²) >= 11 is 14.2. The van der Waals surface area contributed by atoms with Gasteiger partial charge in [-0.2, -0.15) is 0 Å². The van der Waals surface area contributed by atoms with Crippen molar-refractivity contribution < 1.29 is 23.8 Å². The first-order valence-corrected chi connectivity index (χ1v) is 11.7. The topological polar surface area (TPSA) is 74.2 Å². The smallest absolute Gasteiger partial charge is 0.363 e. The van der Waals surface area contributed by atoms with Crippen molar-refractivity contribution in [3.05, 3.63) is 96.2 Å². The second kappa shape index (κ2) is 10.2. The number of cyclic esters (lactones) is 1. The first-order chi connectivity index (χ1) is 16.2. The maximum Gasteiger partial charge on any atom is 0.363 e. The fourth-order valence-corrected chi connectivity index (χ4v) is 4.33. The van der Waals surface area contributed by atoms with Crippen molar-refractivity contribution in [1.29, 1.82) is 0 Å². The molecule has 0 unspecified atom stereocenters. The largest absolute Gasteiger partial charge is 0.493 e. The highest BCUT2D eigenvalue weighted by molar-refractivity contribution is 14.1. The average Bonchev–Trinajstić information content (AvgIpc) is 3.15. The third-order valence-electron chi connectivity index (χ3n) is 4.82. The van der Waals surface area contributed by atoms with Crippen molar-refractivity contribution in [3.8, 4) is 11.5 Å². The molecule has 9 heteroatoms. The third-order valence-corrected chi connectivity index (χ3v) is 6.17. The molecule has 34 heavy (non-hydrogen) atoms. The highest BCUT2D eigenvalue weighted by Gasteiger charge is 2.26. The van der Waals surface area contributed by atoms with Crippen LogP contribution in [0.4, 0.5) is 0 Å². The normalized spacial score (nSPS) is 14.1. The van der Waals surface area contributed by atoms with Crippen molar-refractivity contribution in [3.63, 3.8) is 0 Å². The monoisotopic (exact) mass is 607 g/mol. The van der Waals surface area contributed by atoms with E-state index in [0.29, 0.717) is 36.1 Å². The van der Waals surface area contributed by atoms with Gasteiger partial charge in [-0.25, -0.2) is 14.6 Å². The molecule has 4 rings (SSSR count). The van der Waals surface area contributed by atoms with Gasteiger partial charge in [0.2, 0.25) is 5.90 Å². The zero-order chi connectivity index (χ0) is 24.4. The van der Waals surface area contributed by atoms with Crippen LogP contribution in [0.25, 0.3) is 6.08 Å². The number of aliphatic imine (C=N–C) groups is 1. The molecule has 1 aliphatic rings. The molecule has 0 fully saturated rings. The summed E-state index contributed by atoms with van der Waals surface area (Å²) in [4.78, 5) is 29.3. The summed E-state index contributed by atoms with van der Waals surface area (Å²) in [6.07, 6.45) is 1.55. The van der Waals surface area contributed by atoms with Gasteiger partial charge in [0.15, 0.2) is 17.2 Å². The fourth-order valence-electron chi connectivity index (χ4n) is 3.11. The Hall–Kier alpha value is -2.88. The van der Waals surface area contributed by atoms with Crippen LogP contribution in [0.2, 0.25) is 10.0 Å². The van der Waals surface area contributed by atoms with E-state index in [0.717, 1.165) is 5.56 Å². The highest BCUT2D eigenvalue weighted by atomic mass is 127. The van der Waals surface area contributed by atoms with E-state index in [-0.39, 0.29) is 17.3 Å². The third kappa shape index (κ3) is 5.27. The molecule has 0 amide bonds. The van der Waals surface area contributed by atoms with Gasteiger partial charge in [-0.15, -0.1) is 0 Å². The molecule has 172 valence electrons. The van der Waals surface area contributed by atoms with Crippen LogP contribution in [-0.2, 0) is 9.53 Å². The van der Waals surface area contributed by atoms with Gasteiger partial charge in [0.25, 0.3) is 0 Å². The van der Waals surface area contributed by atoms with E-state index >= 15 is 0 Å². The van der Waals surface area contributed by atoms with E-state index in [1.54, 1.807) is 48.5 Å². The van der Waals surface area contributed by atoms with Gasteiger partial charge >= 0.3 is 11.9 Å². The zero-order valence-corrected chi connectivity index (χ0v) is 21.6. The number of ether oxygens (including phenoxy) is 3. The Kier molecular flexibility index (Phi) is 7.25. The van der Waals surface area contributed by atoms with E-state index in [4.69, 9.17) is 37.4 Å². The van der Waals surface area contributed by atoms with E-state index in [1.807, 2.05) is 41.6 Å². The van der Waals surface area contributed by atoms with Crippen LogP contribution in [0, 0.1) is 10.5 Å². The molecule has 0 N–H and O–H groups in total. The van der Waals surface area contributed by atoms with E-state index in [9.17, 15) is 9.59 Å². The van der Waals surface area contributed by atoms with Gasteiger partial charge in [0, 0.05) is 5.02 Å². The summed E-state index contributed by atoms with van der Waals surface area (Å²) in [5, 5.41) is 0.774. The van der Waals surface area contributed by atoms with Crippen LogP contribution in [0.1, 0.15) is 27.0 Å². The average molecular weight is 608 g/mol. The Morgan fingerprint density at radius 2 is 1.82 bits per heavy atom. The second-order valence-electron chi connectivity index (χ2n) is 7.25. The number of carbonyl (C=O) groups is 2. The lowest BCUT2D eigenvalue weighted by Crippen LogP contribution is -2.10. The molecular weight excluding hydrogens is 592 g/mol. The molecule has 0 saturated heterocycles. The summed E-state index contributed by atoms with van der Waals surface area (Å²) in [6.45, 7) is 1.94. The van der Waals surface area contributed by atoms with Gasteiger partial charge in [-0.1, -0.05) is 40.9 Å². The van der Waals surface area contributed by atoms with Crippen molar-refractivity contribution in [2.75, 3.05) is 7.11 Å². The second-order valence-corrected chi connectivity index (χ2v) is 9.26. The molecule has 0 saturated carbocycles. The van der Waals surface area contributed by atoms with E-state index in [2.05, 4.69) is 4.99 Å². The van der Waals surface area contributed by atoms with Crippen LogP contribution in [-0.4, -0.2) is 24.9 Å². The number of nitrogens with zero attached hydrogens (tertiary/aromatic N) is 1. The number of methoxy groups -OCH3 is 1. The zero-order valence-electron chi connectivity index (χ0n) is 17.9. The molecular formula is C25H16Cl2INO5. The predicted molar refractivity (Wildman–Crippen MR) is 139 cm³/mol. The Labute approximate surface area is 219 Å². The molecule has 0 aliphatic carbocycles. The number of halogens is 3. The van der Waals surface area contributed by atoms with Gasteiger partial charge in [0.1, 0.15) is 0 Å². The summed E-state index contributed by atoms with van der Waals surface area (Å²) in [7, 11) is 1.47. The molecule has 0 radical (unpaired) electrons. The Morgan fingerprint density at radius 1 is 1.09 bits per heavy atom. The summed E-state index contributed by atoms with van der Waals surface area (Å²) in [6, 6.07) is 15.2. The number of aryl methyl sites for hydroxylation is 1. The molecule has 3 aromatic carbocycles. The minimum absolute atomic E-state index is 0.0863. The molecule has 3 aromatic rings. The van der Waals surface area contributed by atoms with Crippen molar-refractivity contribution in [2.24, 2.45) is 4.99 Å². The standard InChI is InChI=1S/C25H16Cl2INO5/c1-13-3-5-15(6-4-13)24(30)33-22-19(28)9-14(11-21(22)32-2)10-20-25(31)34-23(29-20)17-8-7-16(26)12-18(17)27/h3-12H,1-2H3/b20-10-. The Bertz CT molecular complexity index is 1370. The Morgan fingerprint density at radius 3 is 2.50 bits per heavy atom. The molecule has 0 bridgehead atoms. The lowest BCUT2D eigenvalue weighted by Gasteiger charge is -2.12. The Balaban J connectivity index is 1.63. The minimum atomic E-state index is -0.620. The van der Waals surface area contributed by atoms with Crippen molar-refractivity contribution in [2.45, 2.75) is 6.92 Å². The molecule has 1 aliphatic heterocycles. The predicted octanol–water partition coefficient (Wildman–Crippen LogP) is 6.48.